The van der Waals surface area contributed by atoms with E-state index >= 15 is 0 Å². The average molecular weight is 331 g/mol. The van der Waals surface area contributed by atoms with Crippen LogP contribution in [-0.2, 0) is 10.0 Å². The van der Waals surface area contributed by atoms with Gasteiger partial charge in [0, 0.05) is 32.1 Å². The highest BCUT2D eigenvalue weighted by atomic mass is 35.5. The summed E-state index contributed by atoms with van der Waals surface area (Å²) in [5.74, 6) is 0.587. The Morgan fingerprint density at radius 1 is 1.14 bits per heavy atom. The number of hydrogen-bond acceptors (Lipinski definition) is 3. The minimum absolute atomic E-state index is 0.438. The molecule has 0 aliphatic carbocycles. The summed E-state index contributed by atoms with van der Waals surface area (Å²) in [6, 6.07) is 5.59. The molecule has 1 aromatic rings. The Hall–Kier alpha value is -0.620. The molecule has 1 saturated heterocycles. The van der Waals surface area contributed by atoms with Crippen LogP contribution in [0.4, 0.5) is 0 Å². The van der Waals surface area contributed by atoms with E-state index in [9.17, 15) is 8.42 Å². The summed E-state index contributed by atoms with van der Waals surface area (Å²) in [7, 11) is -3.40. The second-order valence-electron chi connectivity index (χ2n) is 5.56. The molecule has 1 fully saturated rings. The summed E-state index contributed by atoms with van der Waals surface area (Å²) in [6.45, 7) is 7.36. The average Bonchev–Trinajstić information content (AvgIpc) is 2.68. The van der Waals surface area contributed by atoms with Crippen LogP contribution < -0.4 is 0 Å². The highest BCUT2D eigenvalue weighted by Gasteiger charge is 2.28. The lowest BCUT2D eigenvalue weighted by atomic mass is 10.2. The fourth-order valence-electron chi connectivity index (χ4n) is 2.66. The molecule has 0 N–H and O–H groups in total. The summed E-state index contributed by atoms with van der Waals surface area (Å²) in [5, 5.41) is 0. The molecule has 1 heterocycles. The van der Waals surface area contributed by atoms with E-state index < -0.39 is 10.0 Å². The Labute approximate surface area is 132 Å². The van der Waals surface area contributed by atoms with Crippen LogP contribution in [-0.4, -0.2) is 56.2 Å². The van der Waals surface area contributed by atoms with Crippen LogP contribution in [0.1, 0.15) is 17.5 Å². The fraction of sp³-hybridized carbons (Fsp3) is 0.600. The Bertz CT molecular complexity index is 589. The molecule has 0 radical (unpaired) electrons. The molecule has 0 atom stereocenters. The van der Waals surface area contributed by atoms with E-state index in [1.165, 1.54) is 0 Å². The smallest absolute Gasteiger partial charge is 0.243 e. The van der Waals surface area contributed by atoms with Crippen molar-refractivity contribution in [3.8, 4) is 0 Å². The quantitative estimate of drug-likeness (QED) is 0.795. The van der Waals surface area contributed by atoms with Gasteiger partial charge in [-0.3, -0.25) is 0 Å². The Morgan fingerprint density at radius 3 is 2.62 bits per heavy atom. The molecule has 0 bridgehead atoms. The van der Waals surface area contributed by atoms with Gasteiger partial charge in [0.05, 0.1) is 4.90 Å². The van der Waals surface area contributed by atoms with Gasteiger partial charge in [-0.2, -0.15) is 4.31 Å². The Balaban J connectivity index is 2.21. The van der Waals surface area contributed by atoms with Gasteiger partial charge in [-0.15, -0.1) is 11.6 Å². The van der Waals surface area contributed by atoms with Crippen LogP contribution in [0.2, 0.25) is 0 Å². The van der Waals surface area contributed by atoms with Crippen molar-refractivity contribution in [3.05, 3.63) is 29.3 Å². The van der Waals surface area contributed by atoms with Crippen LogP contribution in [0.15, 0.2) is 23.1 Å². The topological polar surface area (TPSA) is 40.6 Å². The first-order chi connectivity index (χ1) is 9.95. The number of rotatable bonds is 4. The number of nitrogens with zero attached hydrogens (tertiary/aromatic N) is 2. The maximum absolute atomic E-state index is 12.9. The summed E-state index contributed by atoms with van der Waals surface area (Å²) in [5.41, 5.74) is 1.78. The molecule has 1 aliphatic rings. The minimum Gasteiger partial charge on any atom is -0.301 e. The lowest BCUT2D eigenvalue weighted by Gasteiger charge is -2.22. The molecule has 4 nitrogen and oxygen atoms in total. The molecule has 0 amide bonds. The van der Waals surface area contributed by atoms with E-state index in [1.54, 1.807) is 10.4 Å². The molecule has 0 unspecified atom stereocenters. The molecular formula is C15H23ClN2O2S. The first kappa shape index (κ1) is 16.7. The van der Waals surface area contributed by atoms with E-state index in [4.69, 9.17) is 11.6 Å². The third kappa shape index (κ3) is 3.97. The summed E-state index contributed by atoms with van der Waals surface area (Å²) in [6.07, 6.45) is 0.848. The third-order valence-corrected chi connectivity index (χ3v) is 6.12. The summed E-state index contributed by atoms with van der Waals surface area (Å²) >= 11 is 5.78. The van der Waals surface area contributed by atoms with Crippen molar-refractivity contribution in [1.29, 1.82) is 0 Å². The zero-order chi connectivity index (χ0) is 15.5. The van der Waals surface area contributed by atoms with Crippen LogP contribution >= 0.6 is 11.6 Å². The number of sulfonamides is 1. The zero-order valence-corrected chi connectivity index (χ0v) is 14.3. The molecule has 0 saturated carbocycles. The van der Waals surface area contributed by atoms with Gasteiger partial charge in [0.15, 0.2) is 0 Å². The van der Waals surface area contributed by atoms with Gasteiger partial charge in [-0.25, -0.2) is 8.42 Å². The SMILES string of the molecule is Cc1ccc(C)c(S(=O)(=O)N2CCCN(CCCl)CC2)c1. The largest absolute Gasteiger partial charge is 0.301 e. The predicted molar refractivity (Wildman–Crippen MR) is 86.5 cm³/mol. The molecule has 1 aliphatic heterocycles. The molecule has 21 heavy (non-hydrogen) atoms. The first-order valence-corrected chi connectivity index (χ1v) is 9.28. The van der Waals surface area contributed by atoms with E-state index in [1.807, 2.05) is 26.0 Å². The second kappa shape index (κ2) is 7.09. The van der Waals surface area contributed by atoms with Gasteiger partial charge in [-0.05, 0) is 44.0 Å². The summed E-state index contributed by atoms with van der Waals surface area (Å²) in [4.78, 5) is 2.67. The van der Waals surface area contributed by atoms with Crippen LogP contribution in [0, 0.1) is 13.8 Å². The molecule has 0 aromatic heterocycles. The predicted octanol–water partition coefficient (Wildman–Crippen LogP) is 2.24. The standard InChI is InChI=1S/C15H23ClN2O2S/c1-13-4-5-14(2)15(12-13)21(19,20)18-8-3-7-17(9-6-16)10-11-18/h4-5,12H,3,6-11H2,1-2H3. The lowest BCUT2D eigenvalue weighted by Crippen LogP contribution is -2.36. The fourth-order valence-corrected chi connectivity index (χ4v) is 4.67. The second-order valence-corrected chi connectivity index (χ2v) is 7.84. The number of halogens is 1. The number of aryl methyl sites for hydroxylation is 2. The molecular weight excluding hydrogens is 308 g/mol. The van der Waals surface area contributed by atoms with Crippen LogP contribution in [0.5, 0.6) is 0 Å². The zero-order valence-electron chi connectivity index (χ0n) is 12.7. The van der Waals surface area contributed by atoms with E-state index in [0.717, 1.165) is 37.2 Å². The highest BCUT2D eigenvalue weighted by Crippen LogP contribution is 2.22. The van der Waals surface area contributed by atoms with E-state index in [-0.39, 0.29) is 0 Å². The maximum Gasteiger partial charge on any atom is 0.243 e. The molecule has 2 rings (SSSR count). The Morgan fingerprint density at radius 2 is 1.90 bits per heavy atom. The van der Waals surface area contributed by atoms with Crippen molar-refractivity contribution < 1.29 is 8.42 Å². The van der Waals surface area contributed by atoms with Gasteiger partial charge < -0.3 is 4.90 Å². The van der Waals surface area contributed by atoms with Crippen molar-refractivity contribution in [2.75, 3.05) is 38.6 Å². The van der Waals surface area contributed by atoms with Gasteiger partial charge in [0.1, 0.15) is 0 Å². The van der Waals surface area contributed by atoms with Gasteiger partial charge in [0.2, 0.25) is 10.0 Å². The van der Waals surface area contributed by atoms with Crippen molar-refractivity contribution in [1.82, 2.24) is 9.21 Å². The number of benzene rings is 1. The normalized spacial score (nSPS) is 18.6. The van der Waals surface area contributed by atoms with E-state index in [2.05, 4.69) is 4.90 Å². The molecule has 1 aromatic carbocycles. The Kier molecular flexibility index (Phi) is 5.66. The first-order valence-electron chi connectivity index (χ1n) is 7.31. The van der Waals surface area contributed by atoms with Crippen LogP contribution in [0.3, 0.4) is 0 Å². The molecule has 6 heteroatoms. The van der Waals surface area contributed by atoms with Crippen molar-refractivity contribution in [2.24, 2.45) is 0 Å². The van der Waals surface area contributed by atoms with Crippen molar-refractivity contribution in [3.63, 3.8) is 0 Å². The van der Waals surface area contributed by atoms with Gasteiger partial charge >= 0.3 is 0 Å². The third-order valence-electron chi connectivity index (χ3n) is 3.91. The van der Waals surface area contributed by atoms with Crippen molar-refractivity contribution in [2.45, 2.75) is 25.2 Å². The highest BCUT2D eigenvalue weighted by molar-refractivity contribution is 7.89. The van der Waals surface area contributed by atoms with Gasteiger partial charge in [0.25, 0.3) is 0 Å². The van der Waals surface area contributed by atoms with Crippen LogP contribution in [0.25, 0.3) is 0 Å². The monoisotopic (exact) mass is 330 g/mol. The molecule has 118 valence electrons. The molecule has 0 spiro atoms. The number of hydrogen-bond donors (Lipinski definition) is 0. The summed E-state index contributed by atoms with van der Waals surface area (Å²) < 4.78 is 27.3. The maximum atomic E-state index is 12.9. The van der Waals surface area contributed by atoms with Crippen molar-refractivity contribution >= 4 is 21.6 Å². The lowest BCUT2D eigenvalue weighted by molar-refractivity contribution is 0.303. The van der Waals surface area contributed by atoms with Gasteiger partial charge in [-0.1, -0.05) is 12.1 Å². The minimum atomic E-state index is -3.40. The number of alkyl halides is 1. The van der Waals surface area contributed by atoms with E-state index in [0.29, 0.717) is 23.9 Å².